The minimum absolute atomic E-state index is 0.0665. The fraction of sp³-hybridized carbons (Fsp3) is 0.0476. The molecule has 4 aromatic rings. The van der Waals surface area contributed by atoms with Gasteiger partial charge in [-0.05, 0) is 35.4 Å². The van der Waals surface area contributed by atoms with Gasteiger partial charge in [0.05, 0.1) is 0 Å². The van der Waals surface area contributed by atoms with Gasteiger partial charge in [-0.15, -0.1) is 10.2 Å². The first-order valence-electron chi connectivity index (χ1n) is 8.33. The largest absolute Gasteiger partial charge is 0.457 e. The Kier molecular flexibility index (Phi) is 5.27. The molecule has 2 aromatic heterocycles. The zero-order chi connectivity index (χ0) is 19.6. The summed E-state index contributed by atoms with van der Waals surface area (Å²) in [5, 5.41) is 8.60. The van der Waals surface area contributed by atoms with Gasteiger partial charge in [0.15, 0.2) is 0 Å². The molecule has 0 saturated heterocycles. The summed E-state index contributed by atoms with van der Waals surface area (Å²) in [6.45, 7) is 0. The van der Waals surface area contributed by atoms with Crippen molar-refractivity contribution in [3.05, 3.63) is 83.3 Å². The molecule has 0 amide bonds. The van der Waals surface area contributed by atoms with E-state index in [-0.39, 0.29) is 11.8 Å². The molecule has 0 saturated carbocycles. The summed E-state index contributed by atoms with van der Waals surface area (Å²) in [6.07, 6.45) is 7.44. The molecule has 0 N–H and O–H groups in total. The van der Waals surface area contributed by atoms with Crippen molar-refractivity contribution in [3.63, 3.8) is 0 Å². The number of hydrogen-bond donors (Lipinski definition) is 0. The standard InChI is InChI=1S/C21H13Cl3N2O2/c22-21(23,24)20-26-25-19(28-20)12-10-15-7-5-14(6-8-15)9-11-17-13-16-3-1-2-4-18(16)27-17/h1-13H/b11-9+,12-10+. The molecular weight excluding hydrogens is 419 g/mol. The van der Waals surface area contributed by atoms with Crippen molar-refractivity contribution >= 4 is 70.1 Å². The molecule has 7 heteroatoms. The molecule has 0 aliphatic carbocycles. The normalized spacial score (nSPS) is 12.5. The first kappa shape index (κ1) is 18.8. The molecule has 2 aromatic carbocycles. The monoisotopic (exact) mass is 430 g/mol. The van der Waals surface area contributed by atoms with Crippen LogP contribution in [-0.4, -0.2) is 10.2 Å². The van der Waals surface area contributed by atoms with Crippen LogP contribution in [0.25, 0.3) is 35.3 Å². The second-order valence-electron chi connectivity index (χ2n) is 5.96. The Balaban J connectivity index is 1.44. The minimum atomic E-state index is -1.73. The van der Waals surface area contributed by atoms with E-state index in [0.717, 1.165) is 27.9 Å². The summed E-state index contributed by atoms with van der Waals surface area (Å²) < 4.78 is 9.33. The van der Waals surface area contributed by atoms with Gasteiger partial charge in [-0.25, -0.2) is 0 Å². The predicted molar refractivity (Wildman–Crippen MR) is 114 cm³/mol. The molecule has 0 atom stereocenters. The van der Waals surface area contributed by atoms with Crippen molar-refractivity contribution in [3.8, 4) is 0 Å². The minimum Gasteiger partial charge on any atom is -0.457 e. The molecule has 140 valence electrons. The first-order valence-corrected chi connectivity index (χ1v) is 9.46. The van der Waals surface area contributed by atoms with Gasteiger partial charge in [-0.2, -0.15) is 0 Å². The summed E-state index contributed by atoms with van der Waals surface area (Å²) in [5.74, 6) is 1.00. The lowest BCUT2D eigenvalue weighted by molar-refractivity contribution is 0.493. The number of hydrogen-bond acceptors (Lipinski definition) is 4. The zero-order valence-corrected chi connectivity index (χ0v) is 16.6. The van der Waals surface area contributed by atoms with Crippen LogP contribution in [0.4, 0.5) is 0 Å². The summed E-state index contributed by atoms with van der Waals surface area (Å²) in [7, 11) is 0. The third kappa shape index (κ3) is 4.47. The van der Waals surface area contributed by atoms with Gasteiger partial charge in [-0.1, -0.05) is 83.3 Å². The number of nitrogens with zero attached hydrogens (tertiary/aromatic N) is 2. The van der Waals surface area contributed by atoms with Crippen molar-refractivity contribution in [2.24, 2.45) is 0 Å². The molecule has 0 bridgehead atoms. The second-order valence-corrected chi connectivity index (χ2v) is 8.24. The van der Waals surface area contributed by atoms with Crippen LogP contribution in [0.3, 0.4) is 0 Å². The number of rotatable bonds is 4. The van der Waals surface area contributed by atoms with E-state index < -0.39 is 3.79 Å². The van der Waals surface area contributed by atoms with E-state index >= 15 is 0 Å². The summed E-state index contributed by atoms with van der Waals surface area (Å²) in [5.41, 5.74) is 2.89. The zero-order valence-electron chi connectivity index (χ0n) is 14.4. The maximum Gasteiger partial charge on any atom is 0.268 e. The van der Waals surface area contributed by atoms with E-state index in [1.54, 1.807) is 6.08 Å². The molecule has 0 aliphatic rings. The molecule has 0 unspecified atom stereocenters. The first-order chi connectivity index (χ1) is 13.5. The Morgan fingerprint density at radius 3 is 2.07 bits per heavy atom. The van der Waals surface area contributed by atoms with Crippen molar-refractivity contribution in [1.82, 2.24) is 10.2 Å². The number of aromatic nitrogens is 2. The topological polar surface area (TPSA) is 52.1 Å². The smallest absolute Gasteiger partial charge is 0.268 e. The fourth-order valence-electron chi connectivity index (χ4n) is 2.57. The van der Waals surface area contributed by atoms with Crippen molar-refractivity contribution in [1.29, 1.82) is 0 Å². The quantitative estimate of drug-likeness (QED) is 0.327. The van der Waals surface area contributed by atoms with Crippen LogP contribution in [0.5, 0.6) is 0 Å². The molecule has 4 rings (SSSR count). The highest BCUT2D eigenvalue weighted by Crippen LogP contribution is 2.37. The van der Waals surface area contributed by atoms with Crippen LogP contribution in [0, 0.1) is 0 Å². The average Bonchev–Trinajstić information content (AvgIpc) is 3.32. The highest BCUT2D eigenvalue weighted by Gasteiger charge is 2.29. The van der Waals surface area contributed by atoms with Gasteiger partial charge >= 0.3 is 0 Å². The molecule has 0 spiro atoms. The number of halogens is 3. The number of benzene rings is 2. The molecule has 28 heavy (non-hydrogen) atoms. The van der Waals surface area contributed by atoms with E-state index in [2.05, 4.69) is 10.2 Å². The van der Waals surface area contributed by atoms with E-state index in [4.69, 9.17) is 43.6 Å². The summed E-state index contributed by atoms with van der Waals surface area (Å²) >= 11 is 17.1. The molecule has 0 aliphatic heterocycles. The Bertz CT molecular complexity index is 1120. The summed E-state index contributed by atoms with van der Waals surface area (Å²) in [4.78, 5) is 0. The number of fused-ring (bicyclic) bond motifs is 1. The van der Waals surface area contributed by atoms with E-state index in [0.29, 0.717) is 0 Å². The lowest BCUT2D eigenvalue weighted by atomic mass is 10.1. The van der Waals surface area contributed by atoms with E-state index in [9.17, 15) is 0 Å². The average molecular weight is 432 g/mol. The Morgan fingerprint density at radius 2 is 1.43 bits per heavy atom. The highest BCUT2D eigenvalue weighted by atomic mass is 35.6. The molecule has 0 radical (unpaired) electrons. The third-order valence-corrected chi connectivity index (χ3v) is 4.41. The van der Waals surface area contributed by atoms with Crippen LogP contribution >= 0.6 is 34.8 Å². The van der Waals surface area contributed by atoms with Gasteiger partial charge in [0, 0.05) is 11.5 Å². The SMILES string of the molecule is ClC(Cl)(Cl)c1nnc(/C=C/c2ccc(/C=C/c3cc4ccccc4o3)cc2)o1. The number of alkyl halides is 3. The Morgan fingerprint density at radius 1 is 0.750 bits per heavy atom. The lowest BCUT2D eigenvalue weighted by Gasteiger charge is -2.01. The van der Waals surface area contributed by atoms with Gasteiger partial charge < -0.3 is 8.83 Å². The van der Waals surface area contributed by atoms with Crippen molar-refractivity contribution in [2.75, 3.05) is 0 Å². The summed E-state index contributed by atoms with van der Waals surface area (Å²) in [6, 6.07) is 17.9. The number of para-hydroxylation sites is 1. The van der Waals surface area contributed by atoms with Crippen molar-refractivity contribution < 1.29 is 8.83 Å². The Labute approximate surface area is 176 Å². The van der Waals surface area contributed by atoms with Crippen LogP contribution in [0.1, 0.15) is 28.7 Å². The molecular formula is C21H13Cl3N2O2. The molecule has 0 fully saturated rings. The Hall–Kier alpha value is -2.53. The van der Waals surface area contributed by atoms with Crippen molar-refractivity contribution in [2.45, 2.75) is 3.79 Å². The number of furan rings is 1. The second kappa shape index (κ2) is 7.84. The third-order valence-electron chi connectivity index (χ3n) is 3.92. The fourth-order valence-corrected chi connectivity index (χ4v) is 2.79. The maximum atomic E-state index is 5.78. The van der Waals surface area contributed by atoms with Gasteiger partial charge in [0.25, 0.3) is 9.68 Å². The lowest BCUT2D eigenvalue weighted by Crippen LogP contribution is -1.99. The van der Waals surface area contributed by atoms with E-state index in [1.165, 1.54) is 0 Å². The van der Waals surface area contributed by atoms with E-state index in [1.807, 2.05) is 72.8 Å². The van der Waals surface area contributed by atoms with Gasteiger partial charge in [0.2, 0.25) is 5.89 Å². The van der Waals surface area contributed by atoms with Crippen LogP contribution in [-0.2, 0) is 3.79 Å². The highest BCUT2D eigenvalue weighted by molar-refractivity contribution is 6.66. The predicted octanol–water partition coefficient (Wildman–Crippen LogP) is 6.98. The molecule has 2 heterocycles. The van der Waals surface area contributed by atoms with Crippen LogP contribution in [0.15, 0.2) is 63.4 Å². The van der Waals surface area contributed by atoms with Gasteiger partial charge in [0.1, 0.15) is 11.3 Å². The van der Waals surface area contributed by atoms with Gasteiger partial charge in [-0.3, -0.25) is 0 Å². The maximum absolute atomic E-state index is 5.78. The molecule has 4 nitrogen and oxygen atoms in total. The van der Waals surface area contributed by atoms with Crippen LogP contribution < -0.4 is 0 Å². The van der Waals surface area contributed by atoms with Crippen LogP contribution in [0.2, 0.25) is 0 Å².